The summed E-state index contributed by atoms with van der Waals surface area (Å²) in [6, 6.07) is 11.2. The molecule has 0 saturated carbocycles. The van der Waals surface area contributed by atoms with Gasteiger partial charge in [-0.1, -0.05) is 0 Å². The van der Waals surface area contributed by atoms with E-state index in [-0.39, 0.29) is 16.4 Å². The summed E-state index contributed by atoms with van der Waals surface area (Å²) in [5.74, 6) is 1.17. The van der Waals surface area contributed by atoms with Crippen molar-refractivity contribution in [1.82, 2.24) is 13.9 Å². The first kappa shape index (κ1) is 22.7. The van der Waals surface area contributed by atoms with Crippen molar-refractivity contribution in [3.63, 3.8) is 0 Å². The highest BCUT2D eigenvalue weighted by Crippen LogP contribution is 2.24. The fraction of sp³-hybridized carbons (Fsp3) is 0.381. The predicted molar refractivity (Wildman–Crippen MR) is 119 cm³/mol. The number of rotatable bonds is 7. The Morgan fingerprint density at radius 2 is 1.66 bits per heavy atom. The molecule has 32 heavy (non-hydrogen) atoms. The lowest BCUT2D eigenvalue weighted by molar-refractivity contribution is 0.0730. The van der Waals surface area contributed by atoms with Gasteiger partial charge in [-0.2, -0.15) is 4.31 Å². The lowest BCUT2D eigenvalue weighted by Crippen LogP contribution is -2.40. The number of sulfonamides is 1. The molecule has 1 aliphatic rings. The molecule has 9 nitrogen and oxygen atoms in total. The summed E-state index contributed by atoms with van der Waals surface area (Å²) in [4.78, 5) is 5.04. The third kappa shape index (κ3) is 4.51. The number of fused-ring (bicyclic) bond motifs is 1. The molecular formula is C21H25N3O6S2. The number of aromatic nitrogens is 2. The second-order valence-electron chi connectivity index (χ2n) is 7.47. The molecule has 1 saturated heterocycles. The zero-order valence-electron chi connectivity index (χ0n) is 17.9. The quantitative estimate of drug-likeness (QED) is 0.510. The summed E-state index contributed by atoms with van der Waals surface area (Å²) in [5, 5.41) is 0. The highest BCUT2D eigenvalue weighted by molar-refractivity contribution is 7.90. The molecule has 2 heterocycles. The standard InChI is InChI=1S/C21H25N3O6S2/c1-3-24-20-9-8-18(32(27,28)23-10-12-29-13-11-23)14-19(20)22-21(24)15-30-16-4-6-17(7-5-16)31(2,25)26/h4-9,14H,3,10-13,15H2,1-2H3. The van der Waals surface area contributed by atoms with Gasteiger partial charge in [0.1, 0.15) is 18.2 Å². The molecular weight excluding hydrogens is 454 g/mol. The van der Waals surface area contributed by atoms with E-state index in [0.717, 1.165) is 11.8 Å². The van der Waals surface area contributed by atoms with Gasteiger partial charge in [0, 0.05) is 25.9 Å². The lowest BCUT2D eigenvalue weighted by Gasteiger charge is -2.26. The van der Waals surface area contributed by atoms with E-state index in [9.17, 15) is 16.8 Å². The van der Waals surface area contributed by atoms with Crippen LogP contribution in [0.25, 0.3) is 11.0 Å². The lowest BCUT2D eigenvalue weighted by atomic mass is 10.3. The molecule has 1 fully saturated rings. The van der Waals surface area contributed by atoms with E-state index >= 15 is 0 Å². The summed E-state index contributed by atoms with van der Waals surface area (Å²) in [6.07, 6.45) is 1.15. The fourth-order valence-corrected chi connectivity index (χ4v) is 5.71. The second-order valence-corrected chi connectivity index (χ2v) is 11.4. The van der Waals surface area contributed by atoms with Gasteiger partial charge in [0.05, 0.1) is 34.0 Å². The molecule has 1 aromatic heterocycles. The van der Waals surface area contributed by atoms with Crippen molar-refractivity contribution < 1.29 is 26.3 Å². The van der Waals surface area contributed by atoms with Crippen LogP contribution in [0.2, 0.25) is 0 Å². The van der Waals surface area contributed by atoms with Crippen LogP contribution in [0.1, 0.15) is 12.7 Å². The average Bonchev–Trinajstić information content (AvgIpc) is 3.14. The normalized spacial score (nSPS) is 15.8. The Morgan fingerprint density at radius 3 is 2.28 bits per heavy atom. The zero-order valence-corrected chi connectivity index (χ0v) is 19.5. The number of hydrogen-bond acceptors (Lipinski definition) is 7. The molecule has 0 spiro atoms. The molecule has 0 N–H and O–H groups in total. The van der Waals surface area contributed by atoms with Gasteiger partial charge in [-0.15, -0.1) is 0 Å². The number of imidazole rings is 1. The molecule has 0 aliphatic carbocycles. The molecule has 2 aromatic carbocycles. The largest absolute Gasteiger partial charge is 0.486 e. The van der Waals surface area contributed by atoms with E-state index in [0.29, 0.717) is 49.9 Å². The van der Waals surface area contributed by atoms with Gasteiger partial charge < -0.3 is 14.0 Å². The summed E-state index contributed by atoms with van der Waals surface area (Å²) in [5.41, 5.74) is 1.40. The van der Waals surface area contributed by atoms with Crippen molar-refractivity contribution in [2.75, 3.05) is 32.6 Å². The Balaban J connectivity index is 1.58. The van der Waals surface area contributed by atoms with E-state index in [2.05, 4.69) is 4.98 Å². The Bertz CT molecular complexity index is 1330. The van der Waals surface area contributed by atoms with Gasteiger partial charge in [0.25, 0.3) is 0 Å². The van der Waals surface area contributed by atoms with Crippen molar-refractivity contribution in [2.24, 2.45) is 0 Å². The maximum atomic E-state index is 13.0. The Labute approximate surface area is 187 Å². The molecule has 0 radical (unpaired) electrons. The summed E-state index contributed by atoms with van der Waals surface area (Å²) >= 11 is 0. The van der Waals surface area contributed by atoms with E-state index in [1.807, 2.05) is 11.5 Å². The molecule has 0 unspecified atom stereocenters. The van der Waals surface area contributed by atoms with Crippen LogP contribution in [0.4, 0.5) is 0 Å². The number of morpholine rings is 1. The molecule has 1 aliphatic heterocycles. The number of benzene rings is 2. The monoisotopic (exact) mass is 479 g/mol. The topological polar surface area (TPSA) is 108 Å². The van der Waals surface area contributed by atoms with Crippen molar-refractivity contribution in [3.05, 3.63) is 48.3 Å². The minimum atomic E-state index is -3.61. The van der Waals surface area contributed by atoms with Crippen molar-refractivity contribution in [2.45, 2.75) is 29.9 Å². The molecule has 11 heteroatoms. The van der Waals surface area contributed by atoms with Crippen LogP contribution in [-0.2, 0) is 37.7 Å². The van der Waals surface area contributed by atoms with E-state index in [4.69, 9.17) is 9.47 Å². The first-order valence-electron chi connectivity index (χ1n) is 10.2. The molecule has 4 rings (SSSR count). The van der Waals surface area contributed by atoms with E-state index < -0.39 is 19.9 Å². The van der Waals surface area contributed by atoms with Gasteiger partial charge in [-0.05, 0) is 49.4 Å². The minimum Gasteiger partial charge on any atom is -0.486 e. The smallest absolute Gasteiger partial charge is 0.243 e. The maximum Gasteiger partial charge on any atom is 0.243 e. The minimum absolute atomic E-state index is 0.159. The van der Waals surface area contributed by atoms with Gasteiger partial charge in [0.2, 0.25) is 10.0 Å². The number of nitrogens with zero attached hydrogens (tertiary/aromatic N) is 3. The van der Waals surface area contributed by atoms with Crippen molar-refractivity contribution in [1.29, 1.82) is 0 Å². The number of aryl methyl sites for hydroxylation is 1. The summed E-state index contributed by atoms with van der Waals surface area (Å²) in [6.45, 7) is 4.22. The number of hydrogen-bond donors (Lipinski definition) is 0. The van der Waals surface area contributed by atoms with Crippen molar-refractivity contribution in [3.8, 4) is 5.75 Å². The molecule has 0 amide bonds. The van der Waals surface area contributed by atoms with Crippen LogP contribution in [0.3, 0.4) is 0 Å². The van der Waals surface area contributed by atoms with Crippen LogP contribution in [0.5, 0.6) is 5.75 Å². The first-order valence-corrected chi connectivity index (χ1v) is 13.5. The summed E-state index contributed by atoms with van der Waals surface area (Å²) < 4.78 is 63.6. The van der Waals surface area contributed by atoms with Crippen LogP contribution < -0.4 is 4.74 Å². The third-order valence-corrected chi connectivity index (χ3v) is 8.37. The Morgan fingerprint density at radius 1 is 1.00 bits per heavy atom. The zero-order chi connectivity index (χ0) is 22.9. The average molecular weight is 480 g/mol. The maximum absolute atomic E-state index is 13.0. The number of ether oxygens (including phenoxy) is 2. The van der Waals surface area contributed by atoms with Gasteiger partial charge >= 0.3 is 0 Å². The SMILES string of the molecule is CCn1c(COc2ccc(S(C)(=O)=O)cc2)nc2cc(S(=O)(=O)N3CCOCC3)ccc21. The molecule has 172 valence electrons. The first-order chi connectivity index (χ1) is 15.2. The molecule has 0 atom stereocenters. The number of sulfone groups is 1. The highest BCUT2D eigenvalue weighted by atomic mass is 32.2. The Hall–Kier alpha value is -2.47. The van der Waals surface area contributed by atoms with Gasteiger partial charge in [-0.3, -0.25) is 0 Å². The van der Waals surface area contributed by atoms with Crippen LogP contribution in [-0.4, -0.2) is 63.3 Å². The van der Waals surface area contributed by atoms with Gasteiger partial charge in [-0.25, -0.2) is 21.8 Å². The summed E-state index contributed by atoms with van der Waals surface area (Å²) in [7, 11) is -6.88. The van der Waals surface area contributed by atoms with E-state index in [1.54, 1.807) is 30.3 Å². The highest BCUT2D eigenvalue weighted by Gasteiger charge is 2.27. The van der Waals surface area contributed by atoms with Crippen molar-refractivity contribution >= 4 is 30.9 Å². The Kier molecular flexibility index (Phi) is 6.26. The molecule has 3 aromatic rings. The molecule has 0 bridgehead atoms. The predicted octanol–water partition coefficient (Wildman–Crippen LogP) is 2.06. The van der Waals surface area contributed by atoms with Crippen LogP contribution in [0, 0.1) is 0 Å². The fourth-order valence-electron chi connectivity index (χ4n) is 3.65. The second kappa shape index (κ2) is 8.81. The van der Waals surface area contributed by atoms with Gasteiger partial charge in [0.15, 0.2) is 9.84 Å². The van der Waals surface area contributed by atoms with E-state index in [1.165, 1.54) is 16.4 Å². The van der Waals surface area contributed by atoms with Crippen LogP contribution in [0.15, 0.2) is 52.3 Å². The third-order valence-electron chi connectivity index (χ3n) is 5.34. The van der Waals surface area contributed by atoms with Crippen LogP contribution >= 0.6 is 0 Å².